The fourth-order valence-corrected chi connectivity index (χ4v) is 0.692. The van der Waals surface area contributed by atoms with Gasteiger partial charge in [-0.25, -0.2) is 0 Å². The molecule has 0 radical (unpaired) electrons. The van der Waals surface area contributed by atoms with Gasteiger partial charge in [0, 0.05) is 6.42 Å². The lowest BCUT2D eigenvalue weighted by Gasteiger charge is -1.97. The molecule has 1 aliphatic carbocycles. The summed E-state index contributed by atoms with van der Waals surface area (Å²) in [6.07, 6.45) is 6.51. The molecule has 0 heterocycles. The molecule has 0 unspecified atom stereocenters. The Hall–Kier alpha value is -0.590. The van der Waals surface area contributed by atoms with E-state index in [1.165, 1.54) is 0 Å². The average Bonchev–Trinajstić information content (AvgIpc) is 2.13. The van der Waals surface area contributed by atoms with Crippen molar-refractivity contribution in [2.24, 2.45) is 0 Å². The summed E-state index contributed by atoms with van der Waals surface area (Å²) >= 11 is 0. The molecule has 0 aromatic carbocycles. The molecule has 0 atom stereocenters. The van der Waals surface area contributed by atoms with Crippen molar-refractivity contribution in [3.63, 3.8) is 0 Å². The van der Waals surface area contributed by atoms with Crippen LogP contribution >= 0.6 is 0 Å². The maximum absolute atomic E-state index is 10.4. The largest absolute Gasteiger partial charge is 0.295 e. The fraction of sp³-hybridized carbons (Fsp3) is 0.700. The van der Waals surface area contributed by atoms with Crippen molar-refractivity contribution in [3.05, 3.63) is 12.2 Å². The summed E-state index contributed by atoms with van der Waals surface area (Å²) in [6.45, 7) is 8.00. The van der Waals surface area contributed by atoms with E-state index in [0.29, 0.717) is 0 Å². The van der Waals surface area contributed by atoms with Gasteiger partial charge < -0.3 is 0 Å². The molecule has 0 N–H and O–H groups in total. The summed E-state index contributed by atoms with van der Waals surface area (Å²) in [5.41, 5.74) is 0. The SMILES string of the molecule is CC.CC.O=C1C=CCCC1. The summed E-state index contributed by atoms with van der Waals surface area (Å²) in [6, 6.07) is 0. The molecule has 0 spiro atoms. The minimum Gasteiger partial charge on any atom is -0.295 e. The summed E-state index contributed by atoms with van der Waals surface area (Å²) in [5, 5.41) is 0. The molecule has 0 fully saturated rings. The Bertz CT molecular complexity index is 103. The minimum atomic E-state index is 0.284. The van der Waals surface area contributed by atoms with E-state index in [1.54, 1.807) is 6.08 Å². The molecule has 11 heavy (non-hydrogen) atoms. The third-order valence-corrected chi connectivity index (χ3v) is 1.10. The van der Waals surface area contributed by atoms with Gasteiger partial charge in [0.15, 0.2) is 5.78 Å². The highest BCUT2D eigenvalue weighted by atomic mass is 16.1. The van der Waals surface area contributed by atoms with Gasteiger partial charge in [-0.3, -0.25) is 4.79 Å². The lowest BCUT2D eigenvalue weighted by molar-refractivity contribution is -0.114. The molecule has 1 nitrogen and oxygen atoms in total. The van der Waals surface area contributed by atoms with Crippen LogP contribution in [0.25, 0.3) is 0 Å². The summed E-state index contributed by atoms with van der Waals surface area (Å²) in [4.78, 5) is 10.4. The van der Waals surface area contributed by atoms with Crippen LogP contribution in [0.3, 0.4) is 0 Å². The second kappa shape index (κ2) is 12.1. The van der Waals surface area contributed by atoms with Crippen LogP contribution in [0.2, 0.25) is 0 Å². The van der Waals surface area contributed by atoms with Crippen molar-refractivity contribution in [1.29, 1.82) is 0 Å². The van der Waals surface area contributed by atoms with E-state index in [9.17, 15) is 4.79 Å². The van der Waals surface area contributed by atoms with E-state index in [0.717, 1.165) is 19.3 Å². The third kappa shape index (κ3) is 9.41. The molecule has 1 rings (SSSR count). The molecule has 1 aliphatic rings. The smallest absolute Gasteiger partial charge is 0.155 e. The number of rotatable bonds is 0. The minimum absolute atomic E-state index is 0.284. The molecular formula is C10H20O. The van der Waals surface area contributed by atoms with Crippen LogP contribution < -0.4 is 0 Å². The van der Waals surface area contributed by atoms with Gasteiger partial charge >= 0.3 is 0 Å². The van der Waals surface area contributed by atoms with Crippen LogP contribution in [0, 0.1) is 0 Å². The second-order valence-corrected chi connectivity index (χ2v) is 1.76. The first kappa shape index (κ1) is 13.0. The number of hydrogen-bond donors (Lipinski definition) is 0. The van der Waals surface area contributed by atoms with Crippen molar-refractivity contribution in [2.45, 2.75) is 47.0 Å². The van der Waals surface area contributed by atoms with Gasteiger partial charge in [0.25, 0.3) is 0 Å². The topological polar surface area (TPSA) is 17.1 Å². The van der Waals surface area contributed by atoms with Gasteiger partial charge in [0.05, 0.1) is 0 Å². The van der Waals surface area contributed by atoms with E-state index in [2.05, 4.69) is 0 Å². The Morgan fingerprint density at radius 1 is 1.18 bits per heavy atom. The predicted octanol–water partition coefficient (Wildman–Crippen LogP) is 3.35. The predicted molar refractivity (Wildman–Crippen MR) is 50.7 cm³/mol. The first-order valence-corrected chi connectivity index (χ1v) is 4.59. The number of carbonyl (C=O) groups is 1. The van der Waals surface area contributed by atoms with E-state index in [-0.39, 0.29) is 5.78 Å². The summed E-state index contributed by atoms with van der Waals surface area (Å²) in [7, 11) is 0. The monoisotopic (exact) mass is 156 g/mol. The molecule has 0 aromatic heterocycles. The zero-order chi connectivity index (χ0) is 9.11. The van der Waals surface area contributed by atoms with Gasteiger partial charge in [0.2, 0.25) is 0 Å². The second-order valence-electron chi connectivity index (χ2n) is 1.76. The first-order chi connectivity index (χ1) is 5.39. The van der Waals surface area contributed by atoms with Crippen molar-refractivity contribution in [3.8, 4) is 0 Å². The van der Waals surface area contributed by atoms with E-state index < -0.39 is 0 Å². The van der Waals surface area contributed by atoms with Crippen molar-refractivity contribution in [1.82, 2.24) is 0 Å². The van der Waals surface area contributed by atoms with E-state index in [4.69, 9.17) is 0 Å². The Morgan fingerprint density at radius 3 is 1.91 bits per heavy atom. The molecular weight excluding hydrogens is 136 g/mol. The highest BCUT2D eigenvalue weighted by molar-refractivity contribution is 5.90. The summed E-state index contributed by atoms with van der Waals surface area (Å²) in [5.74, 6) is 0.284. The maximum Gasteiger partial charge on any atom is 0.155 e. The van der Waals surface area contributed by atoms with Crippen LogP contribution in [-0.2, 0) is 4.79 Å². The highest BCUT2D eigenvalue weighted by Crippen LogP contribution is 2.04. The molecule has 1 heteroatoms. The first-order valence-electron chi connectivity index (χ1n) is 4.59. The highest BCUT2D eigenvalue weighted by Gasteiger charge is 1.98. The standard InChI is InChI=1S/C6H8O.2C2H6/c7-6-4-2-1-3-5-6;2*1-2/h2,4H,1,3,5H2;2*1-2H3. The Labute approximate surface area is 70.5 Å². The van der Waals surface area contributed by atoms with Crippen LogP contribution in [0.5, 0.6) is 0 Å². The van der Waals surface area contributed by atoms with Gasteiger partial charge in [0.1, 0.15) is 0 Å². The summed E-state index contributed by atoms with van der Waals surface area (Å²) < 4.78 is 0. The molecule has 0 amide bonds. The number of carbonyl (C=O) groups excluding carboxylic acids is 1. The molecule has 0 aliphatic heterocycles. The van der Waals surface area contributed by atoms with Crippen molar-refractivity contribution < 1.29 is 4.79 Å². The zero-order valence-corrected chi connectivity index (χ0v) is 8.18. The third-order valence-electron chi connectivity index (χ3n) is 1.10. The Balaban J connectivity index is 0. The molecule has 0 bridgehead atoms. The van der Waals surface area contributed by atoms with Crippen molar-refractivity contribution >= 4 is 5.78 Å². The molecule has 0 saturated carbocycles. The zero-order valence-electron chi connectivity index (χ0n) is 8.18. The normalized spacial score (nSPS) is 14.0. The fourth-order valence-electron chi connectivity index (χ4n) is 0.692. The lowest BCUT2D eigenvalue weighted by atomic mass is 10.1. The lowest BCUT2D eigenvalue weighted by Crippen LogP contribution is -1.95. The van der Waals surface area contributed by atoms with Gasteiger partial charge in [-0.1, -0.05) is 33.8 Å². The van der Waals surface area contributed by atoms with Gasteiger partial charge in [-0.05, 0) is 18.9 Å². The number of hydrogen-bond acceptors (Lipinski definition) is 1. The maximum atomic E-state index is 10.4. The number of allylic oxidation sites excluding steroid dienone is 2. The van der Waals surface area contributed by atoms with Crippen molar-refractivity contribution in [2.75, 3.05) is 0 Å². The molecule has 0 aromatic rings. The molecule has 66 valence electrons. The van der Waals surface area contributed by atoms with Crippen LogP contribution in [0.15, 0.2) is 12.2 Å². The number of ketones is 1. The van der Waals surface area contributed by atoms with Gasteiger partial charge in [-0.15, -0.1) is 0 Å². The average molecular weight is 156 g/mol. The molecule has 0 saturated heterocycles. The van der Waals surface area contributed by atoms with Crippen LogP contribution in [-0.4, -0.2) is 5.78 Å². The Morgan fingerprint density at radius 2 is 1.73 bits per heavy atom. The van der Waals surface area contributed by atoms with Crippen LogP contribution in [0.4, 0.5) is 0 Å². The quantitative estimate of drug-likeness (QED) is 0.525. The van der Waals surface area contributed by atoms with E-state index >= 15 is 0 Å². The Kier molecular flexibility index (Phi) is 14.4. The van der Waals surface area contributed by atoms with Gasteiger partial charge in [-0.2, -0.15) is 0 Å². The van der Waals surface area contributed by atoms with E-state index in [1.807, 2.05) is 33.8 Å². The van der Waals surface area contributed by atoms with Crippen LogP contribution in [0.1, 0.15) is 47.0 Å².